The van der Waals surface area contributed by atoms with Crippen LogP contribution >= 0.6 is 11.6 Å². The Labute approximate surface area is 122 Å². The van der Waals surface area contributed by atoms with Crippen molar-refractivity contribution < 1.29 is 19.1 Å². The van der Waals surface area contributed by atoms with E-state index in [9.17, 15) is 14.4 Å². The van der Waals surface area contributed by atoms with E-state index < -0.39 is 12.0 Å². The number of rotatable bonds is 3. The second-order valence-electron chi connectivity index (χ2n) is 5.20. The first-order valence-corrected chi connectivity index (χ1v) is 7.36. The molecule has 7 heteroatoms. The number of ether oxygens (including phenoxy) is 1. The molecule has 0 bridgehead atoms. The number of carbonyl (C=O) groups is 3. The van der Waals surface area contributed by atoms with Crippen LogP contribution in [0.2, 0.25) is 0 Å². The van der Waals surface area contributed by atoms with Gasteiger partial charge in [-0.05, 0) is 12.8 Å². The summed E-state index contributed by atoms with van der Waals surface area (Å²) < 4.78 is 4.61. The smallest absolute Gasteiger partial charge is 0.308 e. The molecule has 0 radical (unpaired) electrons. The van der Waals surface area contributed by atoms with Crippen LogP contribution in [0.3, 0.4) is 0 Å². The van der Waals surface area contributed by atoms with Gasteiger partial charge in [0.2, 0.25) is 11.8 Å². The van der Waals surface area contributed by atoms with E-state index in [1.807, 2.05) is 0 Å². The van der Waals surface area contributed by atoms with Crippen LogP contribution < -0.4 is 5.32 Å². The van der Waals surface area contributed by atoms with Gasteiger partial charge in [0.05, 0.1) is 19.6 Å². The van der Waals surface area contributed by atoms with E-state index in [1.54, 1.807) is 0 Å². The maximum atomic E-state index is 12.2. The topological polar surface area (TPSA) is 75.7 Å². The maximum Gasteiger partial charge on any atom is 0.308 e. The number of carbonyl (C=O) groups excluding carboxylic acids is 3. The van der Waals surface area contributed by atoms with Crippen molar-refractivity contribution in [1.29, 1.82) is 0 Å². The van der Waals surface area contributed by atoms with Gasteiger partial charge in [-0.3, -0.25) is 14.4 Å². The van der Waals surface area contributed by atoms with Crippen LogP contribution in [0.1, 0.15) is 32.1 Å². The standard InChI is InChI=1S/C13H19ClN2O4/c1-20-12(18)6-10-13(19)15-8-4-2-3-5-9(8)16(10)11(17)7-14/h8-10H,2-7H2,1H3,(H,15,19)/t8-,9+,10-/m0/s1. The van der Waals surface area contributed by atoms with Crippen molar-refractivity contribution in [1.82, 2.24) is 10.2 Å². The first-order chi connectivity index (χ1) is 9.58. The molecule has 1 N–H and O–H groups in total. The molecule has 1 saturated carbocycles. The molecule has 2 amide bonds. The van der Waals surface area contributed by atoms with Gasteiger partial charge in [0.15, 0.2) is 0 Å². The number of halogens is 1. The molecule has 0 aromatic rings. The summed E-state index contributed by atoms with van der Waals surface area (Å²) in [5.74, 6) is -1.29. The second kappa shape index (κ2) is 6.43. The van der Waals surface area contributed by atoms with Gasteiger partial charge in [-0.15, -0.1) is 11.6 Å². The summed E-state index contributed by atoms with van der Waals surface area (Å²) >= 11 is 5.66. The number of fused-ring (bicyclic) bond motifs is 1. The number of hydrogen-bond donors (Lipinski definition) is 1. The van der Waals surface area contributed by atoms with Crippen molar-refractivity contribution in [3.05, 3.63) is 0 Å². The molecule has 0 aromatic carbocycles. The van der Waals surface area contributed by atoms with Gasteiger partial charge in [-0.25, -0.2) is 0 Å². The van der Waals surface area contributed by atoms with E-state index >= 15 is 0 Å². The zero-order chi connectivity index (χ0) is 14.7. The van der Waals surface area contributed by atoms with Crippen LogP contribution in [0.4, 0.5) is 0 Å². The number of methoxy groups -OCH3 is 1. The minimum absolute atomic E-state index is 0.0303. The third-order valence-electron chi connectivity index (χ3n) is 4.04. The van der Waals surface area contributed by atoms with Crippen LogP contribution in [0.5, 0.6) is 0 Å². The number of nitrogens with one attached hydrogen (secondary N) is 1. The van der Waals surface area contributed by atoms with Crippen LogP contribution in [0.25, 0.3) is 0 Å². The molecular formula is C13H19ClN2O4. The Morgan fingerprint density at radius 3 is 2.75 bits per heavy atom. The minimum Gasteiger partial charge on any atom is -0.469 e. The number of nitrogens with zero attached hydrogens (tertiary/aromatic N) is 1. The predicted molar refractivity (Wildman–Crippen MR) is 72.2 cm³/mol. The average molecular weight is 303 g/mol. The van der Waals surface area contributed by atoms with Gasteiger partial charge in [0.25, 0.3) is 0 Å². The number of amides is 2. The lowest BCUT2D eigenvalue weighted by Crippen LogP contribution is -2.68. The van der Waals surface area contributed by atoms with Gasteiger partial charge >= 0.3 is 5.97 Å². The fraction of sp³-hybridized carbons (Fsp3) is 0.769. The van der Waals surface area contributed by atoms with Gasteiger partial charge in [0, 0.05) is 6.04 Å². The summed E-state index contributed by atoms with van der Waals surface area (Å²) in [5.41, 5.74) is 0. The van der Waals surface area contributed by atoms with Crippen LogP contribution in [0, 0.1) is 0 Å². The quantitative estimate of drug-likeness (QED) is 0.606. The summed E-state index contributed by atoms with van der Waals surface area (Å²) in [4.78, 5) is 37.3. The van der Waals surface area contributed by atoms with E-state index in [4.69, 9.17) is 11.6 Å². The van der Waals surface area contributed by atoms with Crippen molar-refractivity contribution in [2.24, 2.45) is 0 Å². The molecule has 1 aliphatic heterocycles. The highest BCUT2D eigenvalue weighted by Gasteiger charge is 2.45. The van der Waals surface area contributed by atoms with E-state index in [1.165, 1.54) is 12.0 Å². The van der Waals surface area contributed by atoms with E-state index in [0.29, 0.717) is 0 Å². The fourth-order valence-electron chi connectivity index (χ4n) is 3.11. The van der Waals surface area contributed by atoms with Crippen molar-refractivity contribution in [3.8, 4) is 0 Å². The summed E-state index contributed by atoms with van der Waals surface area (Å²) in [6, 6.07) is -0.910. The van der Waals surface area contributed by atoms with Gasteiger partial charge in [-0.1, -0.05) is 12.8 Å². The monoisotopic (exact) mass is 302 g/mol. The number of alkyl halides is 1. The average Bonchev–Trinajstić information content (AvgIpc) is 2.47. The van der Waals surface area contributed by atoms with Crippen molar-refractivity contribution in [3.63, 3.8) is 0 Å². The van der Waals surface area contributed by atoms with Crippen LogP contribution in [0.15, 0.2) is 0 Å². The zero-order valence-corrected chi connectivity index (χ0v) is 12.2. The lowest BCUT2D eigenvalue weighted by Gasteiger charge is -2.47. The van der Waals surface area contributed by atoms with E-state index in [-0.39, 0.29) is 36.2 Å². The molecular weight excluding hydrogens is 284 g/mol. The van der Waals surface area contributed by atoms with Crippen LogP contribution in [-0.4, -0.2) is 53.8 Å². The largest absolute Gasteiger partial charge is 0.469 e. The maximum absolute atomic E-state index is 12.2. The molecule has 1 aliphatic carbocycles. The Hall–Kier alpha value is -1.30. The molecule has 1 heterocycles. The normalized spacial score (nSPS) is 29.4. The molecule has 0 aromatic heterocycles. The summed E-state index contributed by atoms with van der Waals surface area (Å²) in [5, 5.41) is 2.92. The summed E-state index contributed by atoms with van der Waals surface area (Å²) in [7, 11) is 1.26. The number of piperazine rings is 1. The Morgan fingerprint density at radius 1 is 1.40 bits per heavy atom. The molecule has 0 spiro atoms. The number of esters is 1. The lowest BCUT2D eigenvalue weighted by atomic mass is 9.85. The SMILES string of the molecule is COC(=O)C[C@H]1C(=O)N[C@H]2CCCC[C@H]2N1C(=O)CCl. The first kappa shape index (κ1) is 15.1. The first-order valence-electron chi connectivity index (χ1n) is 6.82. The van der Waals surface area contributed by atoms with Gasteiger partial charge in [0.1, 0.15) is 11.9 Å². The summed E-state index contributed by atoms with van der Waals surface area (Å²) in [6.45, 7) is 0. The van der Waals surface area contributed by atoms with Crippen LogP contribution in [-0.2, 0) is 19.1 Å². The minimum atomic E-state index is -0.812. The Morgan fingerprint density at radius 2 is 2.10 bits per heavy atom. The second-order valence-corrected chi connectivity index (χ2v) is 5.46. The van der Waals surface area contributed by atoms with E-state index in [2.05, 4.69) is 10.1 Å². The third kappa shape index (κ3) is 2.90. The molecule has 112 valence electrons. The highest BCUT2D eigenvalue weighted by molar-refractivity contribution is 6.27. The summed E-state index contributed by atoms with van der Waals surface area (Å²) in [6.07, 6.45) is 3.59. The molecule has 3 atom stereocenters. The molecule has 2 rings (SSSR count). The highest BCUT2D eigenvalue weighted by atomic mass is 35.5. The molecule has 2 fully saturated rings. The van der Waals surface area contributed by atoms with E-state index in [0.717, 1.165) is 25.7 Å². The zero-order valence-electron chi connectivity index (χ0n) is 11.4. The van der Waals surface area contributed by atoms with Crippen molar-refractivity contribution in [2.75, 3.05) is 13.0 Å². The molecule has 0 unspecified atom stereocenters. The number of hydrogen-bond acceptors (Lipinski definition) is 4. The molecule has 6 nitrogen and oxygen atoms in total. The molecule has 1 saturated heterocycles. The Bertz CT molecular complexity index is 415. The fourth-order valence-corrected chi connectivity index (χ4v) is 3.25. The van der Waals surface area contributed by atoms with Crippen molar-refractivity contribution in [2.45, 2.75) is 50.2 Å². The third-order valence-corrected chi connectivity index (χ3v) is 4.27. The Balaban J connectivity index is 2.24. The van der Waals surface area contributed by atoms with Crippen molar-refractivity contribution >= 4 is 29.4 Å². The molecule has 20 heavy (non-hydrogen) atoms. The predicted octanol–water partition coefficient (Wildman–Crippen LogP) is 0.426. The van der Waals surface area contributed by atoms with Gasteiger partial charge in [-0.2, -0.15) is 0 Å². The Kier molecular flexibility index (Phi) is 4.86. The highest BCUT2D eigenvalue weighted by Crippen LogP contribution is 2.29. The lowest BCUT2D eigenvalue weighted by molar-refractivity contribution is -0.154. The van der Waals surface area contributed by atoms with Gasteiger partial charge < -0.3 is 15.0 Å². The molecule has 2 aliphatic rings.